The molecule has 3 aromatic carbocycles. The topological polar surface area (TPSA) is 29.9 Å². The molecule has 2 heterocycles. The van der Waals surface area contributed by atoms with E-state index in [4.69, 9.17) is 8.53 Å². The lowest BCUT2D eigenvalue weighted by Gasteiger charge is -2.04. The fraction of sp³-hybridized carbons (Fsp3) is 0.130. The second-order valence-corrected chi connectivity index (χ2v) is 6.62. The van der Waals surface area contributed by atoms with E-state index in [1.54, 1.807) is 17.8 Å². The Balaban J connectivity index is 1.85. The van der Waals surface area contributed by atoms with Gasteiger partial charge in [0, 0.05) is 21.0 Å². The van der Waals surface area contributed by atoms with Gasteiger partial charge >= 0.3 is 0 Å². The number of benzene rings is 3. The Bertz CT molecular complexity index is 1420. The van der Waals surface area contributed by atoms with Crippen molar-refractivity contribution in [3.05, 3.63) is 71.9 Å². The Kier molecular flexibility index (Phi) is 2.53. The van der Waals surface area contributed by atoms with E-state index in [1.807, 2.05) is 31.2 Å². The van der Waals surface area contributed by atoms with Crippen LogP contribution in [0, 0.1) is 13.8 Å². The molecule has 26 heavy (non-hydrogen) atoms. The third kappa shape index (κ3) is 2.07. The SMILES string of the molecule is [2H]C([2H])([2H])c1ccc(-c2c(C)ccc3c2oc2ccc4ccccc4c23)[n+](C)n1. The van der Waals surface area contributed by atoms with E-state index in [0.29, 0.717) is 0 Å². The summed E-state index contributed by atoms with van der Waals surface area (Å²) in [6.45, 7) is -0.215. The van der Waals surface area contributed by atoms with Crippen LogP contribution in [0.1, 0.15) is 15.4 Å². The van der Waals surface area contributed by atoms with Crippen molar-refractivity contribution < 1.29 is 13.2 Å². The van der Waals surface area contributed by atoms with Crippen LogP contribution < -0.4 is 4.68 Å². The fourth-order valence-corrected chi connectivity index (χ4v) is 3.79. The average molecular weight is 342 g/mol. The Labute approximate surface area is 155 Å². The summed E-state index contributed by atoms with van der Waals surface area (Å²) >= 11 is 0. The summed E-state index contributed by atoms with van der Waals surface area (Å²) in [5.41, 5.74) is 4.47. The molecule has 0 atom stereocenters. The van der Waals surface area contributed by atoms with Crippen molar-refractivity contribution in [2.45, 2.75) is 13.8 Å². The zero-order valence-electron chi connectivity index (χ0n) is 17.6. The van der Waals surface area contributed by atoms with Crippen molar-refractivity contribution in [2.24, 2.45) is 7.05 Å². The predicted octanol–water partition coefficient (Wildman–Crippen LogP) is 5.24. The molecule has 0 saturated carbocycles. The van der Waals surface area contributed by atoms with Crippen LogP contribution in [0.4, 0.5) is 0 Å². The van der Waals surface area contributed by atoms with Crippen LogP contribution in [-0.4, -0.2) is 5.10 Å². The number of aryl methyl sites for hydroxylation is 3. The van der Waals surface area contributed by atoms with E-state index < -0.39 is 6.85 Å². The molecule has 3 heteroatoms. The Morgan fingerprint density at radius 2 is 1.85 bits per heavy atom. The molecule has 0 saturated heterocycles. The first kappa shape index (κ1) is 12.2. The number of nitrogens with zero attached hydrogens (tertiary/aromatic N) is 2. The lowest BCUT2D eigenvalue weighted by atomic mass is 9.99. The van der Waals surface area contributed by atoms with Gasteiger partial charge in [0.2, 0.25) is 5.69 Å². The van der Waals surface area contributed by atoms with Crippen LogP contribution in [0.3, 0.4) is 0 Å². The molecular formula is C23H19N2O+. The Morgan fingerprint density at radius 3 is 2.69 bits per heavy atom. The molecule has 0 radical (unpaired) electrons. The normalized spacial score (nSPS) is 13.8. The zero-order valence-corrected chi connectivity index (χ0v) is 14.6. The second kappa shape index (κ2) is 5.40. The summed E-state index contributed by atoms with van der Waals surface area (Å²) in [5.74, 6) is 0. The van der Waals surface area contributed by atoms with Crippen molar-refractivity contribution >= 4 is 32.7 Å². The summed E-state index contributed by atoms with van der Waals surface area (Å²) in [7, 11) is 1.76. The maximum atomic E-state index is 7.61. The number of rotatable bonds is 1. The van der Waals surface area contributed by atoms with Crippen molar-refractivity contribution in [3.8, 4) is 11.3 Å². The maximum Gasteiger partial charge on any atom is 0.242 e. The molecule has 0 aliphatic carbocycles. The lowest BCUT2D eigenvalue weighted by molar-refractivity contribution is -0.720. The van der Waals surface area contributed by atoms with Gasteiger partial charge in [-0.3, -0.25) is 0 Å². The molecule has 5 aromatic rings. The number of furan rings is 1. The zero-order chi connectivity index (χ0) is 20.3. The fourth-order valence-electron chi connectivity index (χ4n) is 3.79. The van der Waals surface area contributed by atoms with E-state index in [2.05, 4.69) is 35.4 Å². The quantitative estimate of drug-likeness (QED) is 0.390. The third-order valence-corrected chi connectivity index (χ3v) is 5.00. The van der Waals surface area contributed by atoms with Crippen molar-refractivity contribution in [1.82, 2.24) is 5.10 Å². The highest BCUT2D eigenvalue weighted by molar-refractivity contribution is 6.20. The molecule has 0 unspecified atom stereocenters. The predicted molar refractivity (Wildman–Crippen MR) is 105 cm³/mol. The first-order chi connectivity index (χ1) is 13.8. The van der Waals surface area contributed by atoms with E-state index in [0.717, 1.165) is 44.1 Å². The van der Waals surface area contributed by atoms with Crippen LogP contribution in [0.15, 0.2) is 65.1 Å². The van der Waals surface area contributed by atoms with Gasteiger partial charge in [-0.05, 0) is 47.3 Å². The van der Waals surface area contributed by atoms with Crippen LogP contribution in [0.5, 0.6) is 0 Å². The minimum absolute atomic E-state index is 0.0733. The maximum absolute atomic E-state index is 7.61. The van der Waals surface area contributed by atoms with Gasteiger partial charge in [0.15, 0.2) is 7.05 Å². The minimum atomic E-state index is -2.24. The van der Waals surface area contributed by atoms with E-state index in [9.17, 15) is 0 Å². The van der Waals surface area contributed by atoms with Crippen LogP contribution in [0.25, 0.3) is 44.0 Å². The van der Waals surface area contributed by atoms with Gasteiger partial charge < -0.3 is 4.42 Å². The van der Waals surface area contributed by atoms with Gasteiger partial charge in [-0.2, -0.15) is 0 Å². The minimum Gasteiger partial charge on any atom is -0.455 e. The average Bonchev–Trinajstić information content (AvgIpc) is 3.06. The molecule has 3 nitrogen and oxygen atoms in total. The molecule has 0 N–H and O–H groups in total. The van der Waals surface area contributed by atoms with E-state index in [1.165, 1.54) is 5.39 Å². The van der Waals surface area contributed by atoms with Gasteiger partial charge in [0.25, 0.3) is 0 Å². The van der Waals surface area contributed by atoms with Crippen molar-refractivity contribution in [1.29, 1.82) is 0 Å². The van der Waals surface area contributed by atoms with E-state index in [-0.39, 0.29) is 5.69 Å². The van der Waals surface area contributed by atoms with Crippen molar-refractivity contribution in [3.63, 3.8) is 0 Å². The molecule has 0 spiro atoms. The van der Waals surface area contributed by atoms with Gasteiger partial charge in [-0.1, -0.05) is 47.1 Å². The van der Waals surface area contributed by atoms with Crippen LogP contribution in [-0.2, 0) is 7.05 Å². The van der Waals surface area contributed by atoms with Crippen LogP contribution in [0.2, 0.25) is 0 Å². The van der Waals surface area contributed by atoms with Crippen LogP contribution >= 0.6 is 0 Å². The summed E-state index contributed by atoms with van der Waals surface area (Å²) in [5, 5.41) is 8.73. The third-order valence-electron chi connectivity index (χ3n) is 5.00. The first-order valence-electron chi connectivity index (χ1n) is 10.1. The number of hydrogen-bond acceptors (Lipinski definition) is 2. The molecule has 0 aliphatic heterocycles. The molecular weight excluding hydrogens is 320 g/mol. The largest absolute Gasteiger partial charge is 0.455 e. The number of aromatic nitrogens is 2. The number of fused-ring (bicyclic) bond motifs is 5. The summed E-state index contributed by atoms with van der Waals surface area (Å²) in [6.07, 6.45) is 0. The Hall–Kier alpha value is -3.20. The van der Waals surface area contributed by atoms with Gasteiger partial charge in [0.1, 0.15) is 16.9 Å². The highest BCUT2D eigenvalue weighted by atomic mass is 16.3. The highest BCUT2D eigenvalue weighted by Gasteiger charge is 2.22. The monoisotopic (exact) mass is 342 g/mol. The Morgan fingerprint density at radius 1 is 0.962 bits per heavy atom. The van der Waals surface area contributed by atoms with E-state index >= 15 is 0 Å². The standard InChI is InChI=1S/C23H19N2O/c1-14-8-11-18-22-17-7-5-4-6-16(17)10-13-20(22)26-23(18)21(14)19-12-9-15(2)24-25(19)3/h4-13H,1-3H3/q+1/i2D3. The molecule has 2 aromatic heterocycles. The van der Waals surface area contributed by atoms with Gasteiger partial charge in [-0.25, -0.2) is 0 Å². The smallest absolute Gasteiger partial charge is 0.242 e. The molecule has 5 rings (SSSR count). The summed E-state index contributed by atoms with van der Waals surface area (Å²) in [6, 6.07) is 19.9. The van der Waals surface area contributed by atoms with Crippen molar-refractivity contribution in [2.75, 3.05) is 0 Å². The molecule has 0 amide bonds. The molecule has 0 bridgehead atoms. The second-order valence-electron chi connectivity index (χ2n) is 6.62. The molecule has 0 aliphatic rings. The van der Waals surface area contributed by atoms with Gasteiger partial charge in [-0.15, -0.1) is 0 Å². The summed E-state index contributed by atoms with van der Waals surface area (Å²) in [4.78, 5) is 0. The first-order valence-corrected chi connectivity index (χ1v) is 8.56. The van der Waals surface area contributed by atoms with Gasteiger partial charge in [0.05, 0.1) is 5.56 Å². The lowest BCUT2D eigenvalue weighted by Crippen LogP contribution is -2.36. The molecule has 126 valence electrons. The number of hydrogen-bond donors (Lipinski definition) is 0. The highest BCUT2D eigenvalue weighted by Crippen LogP contribution is 2.39. The summed E-state index contributed by atoms with van der Waals surface area (Å²) < 4.78 is 30.8. The molecule has 0 fully saturated rings.